The van der Waals surface area contributed by atoms with Gasteiger partial charge in [0.1, 0.15) is 5.69 Å². The normalized spacial score (nSPS) is 15.8. The highest BCUT2D eigenvalue weighted by Gasteiger charge is 2.30. The predicted molar refractivity (Wildman–Crippen MR) is 119 cm³/mol. The lowest BCUT2D eigenvalue weighted by Crippen LogP contribution is -2.43. The zero-order valence-corrected chi connectivity index (χ0v) is 18.0. The van der Waals surface area contributed by atoms with Crippen molar-refractivity contribution in [1.29, 1.82) is 0 Å². The summed E-state index contributed by atoms with van der Waals surface area (Å²) in [5.41, 5.74) is 2.49. The number of pyridine rings is 1. The van der Waals surface area contributed by atoms with E-state index in [1.54, 1.807) is 55.8 Å². The van der Waals surface area contributed by atoms with Crippen LogP contribution in [0.25, 0.3) is 11.3 Å². The van der Waals surface area contributed by atoms with Crippen molar-refractivity contribution >= 4 is 17.5 Å². The van der Waals surface area contributed by atoms with Crippen LogP contribution in [0.15, 0.2) is 48.8 Å². The van der Waals surface area contributed by atoms with Crippen LogP contribution >= 0.6 is 0 Å². The summed E-state index contributed by atoms with van der Waals surface area (Å²) in [5, 5.41) is 9.97. The molecule has 3 heterocycles. The highest BCUT2D eigenvalue weighted by atomic mass is 16.5. The number of aromatic amines is 1. The zero-order chi connectivity index (χ0) is 22.5. The summed E-state index contributed by atoms with van der Waals surface area (Å²) in [6.07, 6.45) is 4.84. The molecule has 1 atom stereocenters. The number of amides is 2. The van der Waals surface area contributed by atoms with Gasteiger partial charge in [0.2, 0.25) is 5.91 Å². The van der Waals surface area contributed by atoms with Crippen molar-refractivity contribution in [3.63, 3.8) is 0 Å². The van der Waals surface area contributed by atoms with Gasteiger partial charge in [-0.2, -0.15) is 5.10 Å². The first kappa shape index (κ1) is 21.4. The number of ether oxygens (including phenoxy) is 2. The van der Waals surface area contributed by atoms with Crippen molar-refractivity contribution in [2.24, 2.45) is 5.92 Å². The number of piperidine rings is 1. The van der Waals surface area contributed by atoms with Gasteiger partial charge in [0.25, 0.3) is 5.91 Å². The largest absolute Gasteiger partial charge is 0.493 e. The molecule has 1 aromatic carbocycles. The minimum atomic E-state index is -0.304. The van der Waals surface area contributed by atoms with Gasteiger partial charge in [0.05, 0.1) is 25.8 Å². The van der Waals surface area contributed by atoms with Crippen molar-refractivity contribution < 1.29 is 19.1 Å². The van der Waals surface area contributed by atoms with Crippen molar-refractivity contribution in [3.05, 3.63) is 54.5 Å². The van der Waals surface area contributed by atoms with Crippen molar-refractivity contribution in [3.8, 4) is 22.8 Å². The van der Waals surface area contributed by atoms with Gasteiger partial charge in [-0.05, 0) is 43.2 Å². The summed E-state index contributed by atoms with van der Waals surface area (Å²) in [7, 11) is 3.10. The number of benzene rings is 1. The van der Waals surface area contributed by atoms with E-state index in [-0.39, 0.29) is 17.7 Å². The van der Waals surface area contributed by atoms with Crippen LogP contribution in [0.2, 0.25) is 0 Å². The Balaban J connectivity index is 1.41. The lowest BCUT2D eigenvalue weighted by Gasteiger charge is -2.31. The van der Waals surface area contributed by atoms with Crippen molar-refractivity contribution in [1.82, 2.24) is 20.1 Å². The Morgan fingerprint density at radius 3 is 2.75 bits per heavy atom. The maximum atomic E-state index is 13.0. The Bertz CT molecular complexity index is 1100. The molecule has 0 aliphatic carbocycles. The van der Waals surface area contributed by atoms with Gasteiger partial charge in [0, 0.05) is 42.8 Å². The predicted octanol–water partition coefficient (Wildman–Crippen LogP) is 2.98. The lowest BCUT2D eigenvalue weighted by atomic mass is 9.96. The van der Waals surface area contributed by atoms with E-state index in [2.05, 4.69) is 20.5 Å². The van der Waals surface area contributed by atoms with Crippen LogP contribution in [0, 0.1) is 5.92 Å². The van der Waals surface area contributed by atoms with Crippen LogP contribution in [0.4, 0.5) is 5.69 Å². The number of likely N-dealkylation sites (tertiary alicyclic amines) is 1. The van der Waals surface area contributed by atoms with E-state index in [0.717, 1.165) is 12.0 Å². The van der Waals surface area contributed by atoms with Crippen molar-refractivity contribution in [2.75, 3.05) is 32.6 Å². The van der Waals surface area contributed by atoms with Crippen LogP contribution in [0.5, 0.6) is 11.5 Å². The number of aromatic nitrogens is 3. The van der Waals surface area contributed by atoms with Gasteiger partial charge < -0.3 is 19.7 Å². The van der Waals surface area contributed by atoms with E-state index in [4.69, 9.17) is 9.47 Å². The number of methoxy groups -OCH3 is 2. The highest BCUT2D eigenvalue weighted by Crippen LogP contribution is 2.30. The third-order valence-corrected chi connectivity index (χ3v) is 5.50. The molecule has 2 aromatic heterocycles. The van der Waals surface area contributed by atoms with Crippen LogP contribution in [-0.2, 0) is 4.79 Å². The number of carbonyl (C=O) groups is 2. The van der Waals surface area contributed by atoms with E-state index in [0.29, 0.717) is 48.1 Å². The molecule has 166 valence electrons. The first-order valence-corrected chi connectivity index (χ1v) is 10.4. The second-order valence-corrected chi connectivity index (χ2v) is 7.56. The second kappa shape index (κ2) is 9.51. The fourth-order valence-electron chi connectivity index (χ4n) is 3.80. The summed E-state index contributed by atoms with van der Waals surface area (Å²) in [6, 6.07) is 10.6. The molecule has 2 N–H and O–H groups in total. The number of anilines is 1. The molecule has 2 amide bonds. The van der Waals surface area contributed by atoms with Gasteiger partial charge in [-0.3, -0.25) is 19.7 Å². The molecule has 9 heteroatoms. The molecule has 4 rings (SSSR count). The minimum absolute atomic E-state index is 0.129. The number of nitrogens with one attached hydrogen (secondary N) is 2. The molecule has 0 unspecified atom stereocenters. The molecule has 1 saturated heterocycles. The molecule has 3 aromatic rings. The summed E-state index contributed by atoms with van der Waals surface area (Å²) < 4.78 is 10.5. The highest BCUT2D eigenvalue weighted by molar-refractivity contribution is 5.96. The molecule has 0 bridgehead atoms. The molecule has 32 heavy (non-hydrogen) atoms. The van der Waals surface area contributed by atoms with E-state index < -0.39 is 0 Å². The van der Waals surface area contributed by atoms with Crippen LogP contribution < -0.4 is 14.8 Å². The van der Waals surface area contributed by atoms with Gasteiger partial charge in [-0.15, -0.1) is 0 Å². The molecule has 1 aliphatic heterocycles. The van der Waals surface area contributed by atoms with Gasteiger partial charge in [-0.25, -0.2) is 0 Å². The number of rotatable bonds is 6. The third-order valence-electron chi connectivity index (χ3n) is 5.50. The summed E-state index contributed by atoms with van der Waals surface area (Å²) >= 11 is 0. The molecular formula is C23H25N5O4. The fourth-order valence-corrected chi connectivity index (χ4v) is 3.80. The smallest absolute Gasteiger partial charge is 0.271 e. The second-order valence-electron chi connectivity index (χ2n) is 7.56. The Labute approximate surface area is 185 Å². The maximum absolute atomic E-state index is 13.0. The summed E-state index contributed by atoms with van der Waals surface area (Å²) in [5.74, 6) is 0.521. The maximum Gasteiger partial charge on any atom is 0.271 e. The summed E-state index contributed by atoms with van der Waals surface area (Å²) in [6.45, 7) is 0.944. The average Bonchev–Trinajstić information content (AvgIpc) is 3.34. The van der Waals surface area contributed by atoms with Gasteiger partial charge in [-0.1, -0.05) is 0 Å². The molecule has 0 saturated carbocycles. The van der Waals surface area contributed by atoms with E-state index in [1.807, 2.05) is 12.1 Å². The van der Waals surface area contributed by atoms with Crippen LogP contribution in [0.1, 0.15) is 23.3 Å². The quantitative estimate of drug-likeness (QED) is 0.616. The lowest BCUT2D eigenvalue weighted by molar-refractivity contribution is -0.121. The molecule has 1 aliphatic rings. The third kappa shape index (κ3) is 4.56. The monoisotopic (exact) mass is 435 g/mol. The Morgan fingerprint density at radius 1 is 1.16 bits per heavy atom. The molecule has 9 nitrogen and oxygen atoms in total. The first-order chi connectivity index (χ1) is 15.6. The molecule has 1 fully saturated rings. The number of hydrogen-bond acceptors (Lipinski definition) is 6. The van der Waals surface area contributed by atoms with E-state index >= 15 is 0 Å². The molecule has 0 spiro atoms. The standard InChI is InChI=1S/C23H25N5O4/c1-31-20-8-7-17(11-21(20)32-2)25-22(29)16-6-4-10-28(14-16)23(30)19-12-18(26-27-19)15-5-3-9-24-13-15/h3,5,7-9,11-13,16H,4,6,10,14H2,1-2H3,(H,25,29)(H,26,27)/t16-/m0/s1. The number of hydrogen-bond donors (Lipinski definition) is 2. The molecule has 0 radical (unpaired) electrons. The fraction of sp³-hybridized carbons (Fsp3) is 0.304. The number of H-pyrrole nitrogens is 1. The minimum Gasteiger partial charge on any atom is -0.493 e. The van der Waals surface area contributed by atoms with Crippen LogP contribution in [-0.4, -0.2) is 59.2 Å². The number of carbonyl (C=O) groups excluding carboxylic acids is 2. The number of nitrogens with zero attached hydrogens (tertiary/aromatic N) is 3. The average molecular weight is 435 g/mol. The zero-order valence-electron chi connectivity index (χ0n) is 18.0. The van der Waals surface area contributed by atoms with E-state index in [1.165, 1.54) is 0 Å². The Hall–Kier alpha value is -3.88. The molecular weight excluding hydrogens is 410 g/mol. The Morgan fingerprint density at radius 2 is 2.00 bits per heavy atom. The van der Waals surface area contributed by atoms with Crippen molar-refractivity contribution in [2.45, 2.75) is 12.8 Å². The van der Waals surface area contributed by atoms with Gasteiger partial charge in [0.15, 0.2) is 11.5 Å². The summed E-state index contributed by atoms with van der Waals surface area (Å²) in [4.78, 5) is 31.6. The van der Waals surface area contributed by atoms with Gasteiger partial charge >= 0.3 is 0 Å². The first-order valence-electron chi connectivity index (χ1n) is 10.4. The Kier molecular flexibility index (Phi) is 6.34. The van der Waals surface area contributed by atoms with Crippen LogP contribution in [0.3, 0.4) is 0 Å². The topological polar surface area (TPSA) is 109 Å². The SMILES string of the molecule is COc1ccc(NC(=O)[C@H]2CCCN(C(=O)c3cc(-c4cccnc4)n[nH]3)C2)cc1OC. The van der Waals surface area contributed by atoms with E-state index in [9.17, 15) is 9.59 Å².